The minimum absolute atomic E-state index is 0.0309. The zero-order valence-electron chi connectivity index (χ0n) is 18.1. The van der Waals surface area contributed by atoms with E-state index < -0.39 is 16.1 Å². The number of hydrogen-bond acceptors (Lipinski definition) is 6. The van der Waals surface area contributed by atoms with Gasteiger partial charge in [-0.15, -0.1) is 0 Å². The van der Waals surface area contributed by atoms with Gasteiger partial charge in [-0.3, -0.25) is 4.79 Å². The van der Waals surface area contributed by atoms with E-state index in [0.29, 0.717) is 31.5 Å². The van der Waals surface area contributed by atoms with Gasteiger partial charge in [0.1, 0.15) is 7.11 Å². The first-order valence-corrected chi connectivity index (χ1v) is 12.0. The van der Waals surface area contributed by atoms with Crippen LogP contribution < -0.4 is 5.32 Å². The summed E-state index contributed by atoms with van der Waals surface area (Å²) in [6, 6.07) is 15.9. The molecule has 0 aliphatic carbocycles. The molecule has 1 saturated heterocycles. The van der Waals surface area contributed by atoms with Crippen LogP contribution in [0.15, 0.2) is 64.6 Å². The summed E-state index contributed by atoms with van der Waals surface area (Å²) in [5.74, 6) is -0.230. The average Bonchev–Trinajstić information content (AvgIpc) is 3.20. The van der Waals surface area contributed by atoms with Crippen molar-refractivity contribution in [3.63, 3.8) is 0 Å². The van der Waals surface area contributed by atoms with Gasteiger partial charge in [-0.05, 0) is 36.1 Å². The fraction of sp³-hybridized carbons (Fsp3) is 0.391. The van der Waals surface area contributed by atoms with Crippen molar-refractivity contribution < 1.29 is 23.2 Å². The number of benzene rings is 2. The third-order valence-corrected chi connectivity index (χ3v) is 7.25. The van der Waals surface area contributed by atoms with Crippen LogP contribution in [0.5, 0.6) is 0 Å². The minimum Gasteiger partial charge on any atom is -0.399 e. The van der Waals surface area contributed by atoms with E-state index in [-0.39, 0.29) is 30.4 Å². The van der Waals surface area contributed by atoms with Crippen LogP contribution in [0, 0.1) is 0 Å². The van der Waals surface area contributed by atoms with Gasteiger partial charge in [-0.2, -0.15) is 4.31 Å². The summed E-state index contributed by atoms with van der Waals surface area (Å²) >= 11 is 0. The summed E-state index contributed by atoms with van der Waals surface area (Å²) in [5, 5.41) is 15.6. The van der Waals surface area contributed by atoms with Crippen LogP contribution >= 0.6 is 0 Å². The predicted molar refractivity (Wildman–Crippen MR) is 123 cm³/mol. The van der Waals surface area contributed by atoms with E-state index in [1.54, 1.807) is 24.3 Å². The van der Waals surface area contributed by atoms with E-state index in [9.17, 15) is 13.2 Å². The quantitative estimate of drug-likeness (QED) is 0.419. The molecule has 0 unspecified atom stereocenters. The van der Waals surface area contributed by atoms with Gasteiger partial charge in [0.15, 0.2) is 0 Å². The molecule has 2 N–H and O–H groups in total. The van der Waals surface area contributed by atoms with Crippen LogP contribution in [-0.4, -0.2) is 62.3 Å². The van der Waals surface area contributed by atoms with E-state index >= 15 is 0 Å². The summed E-state index contributed by atoms with van der Waals surface area (Å²) in [4.78, 5) is 17.4. The Hall–Kier alpha value is -2.75. The van der Waals surface area contributed by atoms with Crippen molar-refractivity contribution in [3.05, 3.63) is 54.6 Å². The van der Waals surface area contributed by atoms with Crippen molar-refractivity contribution in [2.45, 2.75) is 36.6 Å². The molecule has 172 valence electrons. The summed E-state index contributed by atoms with van der Waals surface area (Å²) in [6.07, 6.45) is 1.63. The number of nitrogens with zero attached hydrogens (tertiary/aromatic N) is 2. The third-order valence-electron chi connectivity index (χ3n) is 5.33. The van der Waals surface area contributed by atoms with E-state index in [2.05, 4.69) is 10.5 Å². The van der Waals surface area contributed by atoms with Crippen molar-refractivity contribution in [1.29, 1.82) is 0 Å². The van der Waals surface area contributed by atoms with Crippen molar-refractivity contribution >= 4 is 21.6 Å². The second-order valence-corrected chi connectivity index (χ2v) is 9.51. The number of amides is 1. The van der Waals surface area contributed by atoms with E-state index in [1.807, 2.05) is 30.3 Å². The topological polar surface area (TPSA) is 108 Å². The van der Waals surface area contributed by atoms with Gasteiger partial charge in [0.05, 0.1) is 17.2 Å². The summed E-state index contributed by atoms with van der Waals surface area (Å²) < 4.78 is 28.1. The Bertz CT molecular complexity index is 1020. The number of hydrogen-bond donors (Lipinski definition) is 2. The normalized spacial score (nSPS) is 18.1. The number of nitrogens with one attached hydrogen (secondary N) is 1. The van der Waals surface area contributed by atoms with Crippen LogP contribution in [-0.2, 0) is 19.7 Å². The number of oxime groups is 1. The van der Waals surface area contributed by atoms with Crippen molar-refractivity contribution in [2.75, 3.05) is 26.8 Å². The smallest absolute Gasteiger partial charge is 0.243 e. The Morgan fingerprint density at radius 3 is 2.47 bits per heavy atom. The molecule has 1 atom stereocenters. The summed E-state index contributed by atoms with van der Waals surface area (Å²) in [7, 11) is -2.42. The molecule has 8 nitrogen and oxygen atoms in total. The number of unbranched alkanes of at least 4 members (excludes halogenated alkanes) is 1. The number of carbonyl (C=O) groups excluding carboxylic acids is 1. The van der Waals surface area contributed by atoms with Gasteiger partial charge in [-0.25, -0.2) is 8.42 Å². The Morgan fingerprint density at radius 2 is 1.81 bits per heavy atom. The van der Waals surface area contributed by atoms with Crippen molar-refractivity contribution in [2.24, 2.45) is 5.16 Å². The lowest BCUT2D eigenvalue weighted by Crippen LogP contribution is -2.39. The largest absolute Gasteiger partial charge is 0.399 e. The molecule has 32 heavy (non-hydrogen) atoms. The molecular weight excluding hydrogens is 430 g/mol. The fourth-order valence-corrected chi connectivity index (χ4v) is 5.35. The zero-order chi connectivity index (χ0) is 23.0. The monoisotopic (exact) mass is 459 g/mol. The average molecular weight is 460 g/mol. The van der Waals surface area contributed by atoms with Crippen LogP contribution in [0.1, 0.15) is 25.7 Å². The van der Waals surface area contributed by atoms with Crippen LogP contribution in [0.25, 0.3) is 11.1 Å². The highest BCUT2D eigenvalue weighted by Gasteiger charge is 2.39. The van der Waals surface area contributed by atoms with Gasteiger partial charge in [-0.1, -0.05) is 47.6 Å². The molecule has 1 fully saturated rings. The van der Waals surface area contributed by atoms with Crippen LogP contribution in [0.2, 0.25) is 0 Å². The summed E-state index contributed by atoms with van der Waals surface area (Å²) in [6.45, 7) is 0.600. The molecule has 0 aromatic heterocycles. The maximum atomic E-state index is 13.4. The van der Waals surface area contributed by atoms with Gasteiger partial charge in [0.2, 0.25) is 15.9 Å². The highest BCUT2D eigenvalue weighted by Crippen LogP contribution is 2.28. The molecule has 3 rings (SSSR count). The Morgan fingerprint density at radius 1 is 1.12 bits per heavy atom. The number of aliphatic hydroxyl groups excluding tert-OH is 1. The molecule has 1 aliphatic rings. The van der Waals surface area contributed by atoms with E-state index in [1.165, 1.54) is 11.4 Å². The van der Waals surface area contributed by atoms with E-state index in [4.69, 9.17) is 9.94 Å². The Balaban J connectivity index is 1.77. The van der Waals surface area contributed by atoms with Gasteiger partial charge in [0.25, 0.3) is 0 Å². The number of rotatable bonds is 10. The SMILES string of the molecule is CON=C1C[C@@H](CC(=O)NCCCCO)N(S(=O)(=O)c2ccc(-c3ccccc3)cc2)C1. The maximum absolute atomic E-state index is 13.4. The standard InChI is InChI=1S/C23H29N3O5S/c1-31-25-20-15-21(16-23(28)24-13-5-6-14-27)26(17-20)32(29,30)22-11-9-19(10-12-22)18-7-3-2-4-8-18/h2-4,7-12,21,27H,5-6,13-17H2,1H3,(H,24,28)/t21-/m0/s1. The third kappa shape index (κ3) is 5.93. The molecule has 1 amide bonds. The van der Waals surface area contributed by atoms with Gasteiger partial charge < -0.3 is 15.3 Å². The minimum atomic E-state index is -3.83. The number of carbonyl (C=O) groups is 1. The first kappa shape index (κ1) is 23.9. The van der Waals surface area contributed by atoms with Crippen LogP contribution in [0.4, 0.5) is 0 Å². The molecule has 0 spiro atoms. The molecule has 0 bridgehead atoms. The highest BCUT2D eigenvalue weighted by atomic mass is 32.2. The summed E-state index contributed by atoms with van der Waals surface area (Å²) in [5.41, 5.74) is 2.50. The first-order chi connectivity index (χ1) is 15.5. The lowest BCUT2D eigenvalue weighted by Gasteiger charge is -2.23. The number of sulfonamides is 1. The second kappa shape index (κ2) is 11.2. The van der Waals surface area contributed by atoms with Crippen molar-refractivity contribution in [1.82, 2.24) is 9.62 Å². The number of aliphatic hydroxyl groups is 1. The first-order valence-electron chi connectivity index (χ1n) is 10.6. The predicted octanol–water partition coefficient (Wildman–Crippen LogP) is 2.40. The lowest BCUT2D eigenvalue weighted by molar-refractivity contribution is -0.121. The lowest BCUT2D eigenvalue weighted by atomic mass is 10.1. The molecule has 1 heterocycles. The second-order valence-electron chi connectivity index (χ2n) is 7.62. The van der Waals surface area contributed by atoms with Crippen LogP contribution in [0.3, 0.4) is 0 Å². The van der Waals surface area contributed by atoms with E-state index in [0.717, 1.165) is 11.1 Å². The highest BCUT2D eigenvalue weighted by molar-refractivity contribution is 7.89. The molecule has 2 aromatic carbocycles. The molecule has 0 saturated carbocycles. The van der Waals surface area contributed by atoms with Gasteiger partial charge >= 0.3 is 0 Å². The van der Waals surface area contributed by atoms with Crippen molar-refractivity contribution in [3.8, 4) is 11.1 Å². The molecule has 2 aromatic rings. The molecule has 0 radical (unpaired) electrons. The Labute approximate surface area is 188 Å². The van der Waals surface area contributed by atoms with Gasteiger partial charge in [0, 0.05) is 32.0 Å². The maximum Gasteiger partial charge on any atom is 0.243 e. The molecular formula is C23H29N3O5S. The fourth-order valence-electron chi connectivity index (χ4n) is 3.73. The molecule has 1 aliphatic heterocycles. The molecule has 9 heteroatoms. The zero-order valence-corrected chi connectivity index (χ0v) is 18.9. The Kier molecular flexibility index (Phi) is 8.38.